The maximum absolute atomic E-state index is 11.6. The summed E-state index contributed by atoms with van der Waals surface area (Å²) in [4.78, 5) is 16.8. The number of carboxylic acids is 1. The molecule has 1 atom stereocenters. The van der Waals surface area contributed by atoms with Crippen molar-refractivity contribution in [3.63, 3.8) is 0 Å². The molecule has 0 saturated carbocycles. The van der Waals surface area contributed by atoms with Gasteiger partial charge in [0.1, 0.15) is 6.33 Å². The second-order valence-electron chi connectivity index (χ2n) is 4.81. The van der Waals surface area contributed by atoms with Crippen molar-refractivity contribution >= 4 is 11.7 Å². The average Bonchev–Trinajstić information content (AvgIpc) is 3.18. The van der Waals surface area contributed by atoms with Crippen LogP contribution in [0.25, 0.3) is 0 Å². The van der Waals surface area contributed by atoms with Crippen molar-refractivity contribution in [2.45, 2.75) is 18.6 Å². The van der Waals surface area contributed by atoms with Crippen LogP contribution in [0.4, 0.5) is 0 Å². The molecular weight excluding hydrogens is 288 g/mol. The minimum atomic E-state index is -1.56. The Morgan fingerprint density at radius 1 is 1.55 bits per heavy atom. The van der Waals surface area contributed by atoms with E-state index in [0.29, 0.717) is 16.8 Å². The predicted octanol–water partition coefficient (Wildman–Crippen LogP) is 0.193. The summed E-state index contributed by atoms with van der Waals surface area (Å²) in [5.41, 5.74) is 0.0212. The molecule has 1 N–H and O–H groups in total. The molecular formula is C13H10N6O3. The highest BCUT2D eigenvalue weighted by molar-refractivity contribution is 6.04. The fourth-order valence-electron chi connectivity index (χ4n) is 2.18. The van der Waals surface area contributed by atoms with E-state index < -0.39 is 11.6 Å². The third kappa shape index (κ3) is 2.37. The fourth-order valence-corrected chi connectivity index (χ4v) is 2.18. The molecule has 0 spiro atoms. The van der Waals surface area contributed by atoms with E-state index in [9.17, 15) is 9.90 Å². The SMILES string of the molecule is N#Cc1cccc(C2=NO[C@@](Cn3cnnn3)(C(=O)O)C2)c1. The van der Waals surface area contributed by atoms with Crippen molar-refractivity contribution in [1.82, 2.24) is 20.2 Å². The zero-order valence-electron chi connectivity index (χ0n) is 11.2. The molecule has 0 saturated heterocycles. The number of carboxylic acid groups (broad SMARTS) is 1. The lowest BCUT2D eigenvalue weighted by Gasteiger charge is -2.20. The van der Waals surface area contributed by atoms with Crippen molar-refractivity contribution < 1.29 is 14.7 Å². The second kappa shape index (κ2) is 5.25. The van der Waals surface area contributed by atoms with E-state index in [-0.39, 0.29) is 13.0 Å². The Bertz CT molecular complexity index is 779. The van der Waals surface area contributed by atoms with E-state index in [1.165, 1.54) is 11.0 Å². The summed E-state index contributed by atoms with van der Waals surface area (Å²) in [5, 5.41) is 32.9. The number of benzene rings is 1. The third-order valence-corrected chi connectivity index (χ3v) is 3.31. The first kappa shape index (κ1) is 13.7. The molecule has 1 aliphatic rings. The average molecular weight is 298 g/mol. The van der Waals surface area contributed by atoms with E-state index in [0.717, 1.165) is 0 Å². The predicted molar refractivity (Wildman–Crippen MR) is 71.6 cm³/mol. The summed E-state index contributed by atoms with van der Waals surface area (Å²) in [7, 11) is 0. The molecule has 3 rings (SSSR count). The van der Waals surface area contributed by atoms with Gasteiger partial charge in [-0.25, -0.2) is 9.48 Å². The van der Waals surface area contributed by atoms with E-state index in [1.807, 2.05) is 6.07 Å². The Kier molecular flexibility index (Phi) is 3.27. The van der Waals surface area contributed by atoms with Crippen LogP contribution in [0.15, 0.2) is 35.7 Å². The molecule has 22 heavy (non-hydrogen) atoms. The van der Waals surface area contributed by atoms with Crippen LogP contribution in [0.1, 0.15) is 17.5 Å². The number of hydrogen-bond acceptors (Lipinski definition) is 7. The summed E-state index contributed by atoms with van der Waals surface area (Å²) in [5.74, 6) is -1.15. The van der Waals surface area contributed by atoms with Crippen molar-refractivity contribution in [2.75, 3.05) is 0 Å². The van der Waals surface area contributed by atoms with Crippen molar-refractivity contribution in [3.8, 4) is 6.07 Å². The molecule has 0 bridgehead atoms. The molecule has 0 aliphatic carbocycles. The van der Waals surface area contributed by atoms with Crippen LogP contribution in [0, 0.1) is 11.3 Å². The molecule has 1 aromatic heterocycles. The van der Waals surface area contributed by atoms with Gasteiger partial charge in [-0.2, -0.15) is 5.26 Å². The van der Waals surface area contributed by atoms with Crippen molar-refractivity contribution in [1.29, 1.82) is 5.26 Å². The molecule has 0 fully saturated rings. The highest BCUT2D eigenvalue weighted by atomic mass is 16.7. The number of aromatic nitrogens is 4. The quantitative estimate of drug-likeness (QED) is 0.853. The Morgan fingerprint density at radius 2 is 2.41 bits per heavy atom. The van der Waals surface area contributed by atoms with Crippen LogP contribution in [0.5, 0.6) is 0 Å². The zero-order chi connectivity index (χ0) is 15.6. The lowest BCUT2D eigenvalue weighted by atomic mass is 9.93. The van der Waals surface area contributed by atoms with E-state index in [4.69, 9.17) is 10.1 Å². The number of nitriles is 1. The van der Waals surface area contributed by atoms with Crippen LogP contribution in [-0.2, 0) is 16.2 Å². The number of hydrogen-bond donors (Lipinski definition) is 1. The Morgan fingerprint density at radius 3 is 3.09 bits per heavy atom. The molecule has 0 unspecified atom stereocenters. The minimum absolute atomic E-state index is 0.0527. The number of tetrazole rings is 1. The number of oxime groups is 1. The van der Waals surface area contributed by atoms with Crippen LogP contribution in [-0.4, -0.2) is 42.6 Å². The van der Waals surface area contributed by atoms with Gasteiger partial charge in [0, 0.05) is 12.0 Å². The van der Waals surface area contributed by atoms with Crippen molar-refractivity contribution in [3.05, 3.63) is 41.7 Å². The normalized spacial score (nSPS) is 20.0. The number of carbonyl (C=O) groups is 1. The first-order valence-electron chi connectivity index (χ1n) is 6.33. The van der Waals surface area contributed by atoms with Crippen LogP contribution in [0.2, 0.25) is 0 Å². The van der Waals surface area contributed by atoms with Gasteiger partial charge in [0.05, 0.1) is 23.9 Å². The zero-order valence-corrected chi connectivity index (χ0v) is 11.2. The van der Waals surface area contributed by atoms with E-state index >= 15 is 0 Å². The monoisotopic (exact) mass is 298 g/mol. The summed E-state index contributed by atoms with van der Waals surface area (Å²) < 4.78 is 1.28. The van der Waals surface area contributed by atoms with Crippen LogP contribution < -0.4 is 0 Å². The number of rotatable bonds is 4. The maximum atomic E-state index is 11.6. The van der Waals surface area contributed by atoms with Gasteiger partial charge in [-0.15, -0.1) is 5.10 Å². The van der Waals surface area contributed by atoms with Gasteiger partial charge in [-0.05, 0) is 22.6 Å². The third-order valence-electron chi connectivity index (χ3n) is 3.31. The highest BCUT2D eigenvalue weighted by Crippen LogP contribution is 2.29. The largest absolute Gasteiger partial charge is 0.478 e. The van der Waals surface area contributed by atoms with Gasteiger partial charge in [0.15, 0.2) is 0 Å². The maximum Gasteiger partial charge on any atom is 0.353 e. The minimum Gasteiger partial charge on any atom is -0.478 e. The first-order chi connectivity index (χ1) is 10.6. The Balaban J connectivity index is 1.86. The smallest absolute Gasteiger partial charge is 0.353 e. The molecule has 0 radical (unpaired) electrons. The molecule has 0 amide bonds. The molecule has 9 nitrogen and oxygen atoms in total. The lowest BCUT2D eigenvalue weighted by molar-refractivity contribution is -0.164. The molecule has 110 valence electrons. The highest BCUT2D eigenvalue weighted by Gasteiger charge is 2.48. The van der Waals surface area contributed by atoms with E-state index in [2.05, 4.69) is 20.7 Å². The van der Waals surface area contributed by atoms with E-state index in [1.54, 1.807) is 24.3 Å². The van der Waals surface area contributed by atoms with Gasteiger partial charge in [-0.1, -0.05) is 17.3 Å². The van der Waals surface area contributed by atoms with Crippen molar-refractivity contribution in [2.24, 2.45) is 5.16 Å². The molecule has 1 aromatic carbocycles. The van der Waals surface area contributed by atoms with Crippen LogP contribution in [0.3, 0.4) is 0 Å². The van der Waals surface area contributed by atoms with Gasteiger partial charge in [0.2, 0.25) is 0 Å². The first-order valence-corrected chi connectivity index (χ1v) is 6.33. The summed E-state index contributed by atoms with van der Waals surface area (Å²) in [6.45, 7) is -0.0692. The summed E-state index contributed by atoms with van der Waals surface area (Å²) >= 11 is 0. The second-order valence-corrected chi connectivity index (χ2v) is 4.81. The van der Waals surface area contributed by atoms with Crippen LogP contribution >= 0.6 is 0 Å². The fraction of sp³-hybridized carbons (Fsp3) is 0.231. The topological polar surface area (TPSA) is 126 Å². The number of nitrogens with zero attached hydrogens (tertiary/aromatic N) is 6. The molecule has 2 heterocycles. The summed E-state index contributed by atoms with van der Waals surface area (Å²) in [6.07, 6.45) is 1.36. The van der Waals surface area contributed by atoms with Gasteiger partial charge in [0.25, 0.3) is 5.60 Å². The summed E-state index contributed by atoms with van der Waals surface area (Å²) in [6, 6.07) is 8.78. The Hall–Kier alpha value is -3.28. The number of aliphatic carboxylic acids is 1. The molecule has 9 heteroatoms. The van der Waals surface area contributed by atoms with Gasteiger partial charge in [-0.3, -0.25) is 0 Å². The van der Waals surface area contributed by atoms with Gasteiger partial charge < -0.3 is 9.94 Å². The lowest BCUT2D eigenvalue weighted by Crippen LogP contribution is -2.43. The molecule has 1 aliphatic heterocycles. The van der Waals surface area contributed by atoms with Gasteiger partial charge >= 0.3 is 5.97 Å². The molecule has 2 aromatic rings. The standard InChI is InChI=1S/C13H10N6O3/c14-6-9-2-1-3-10(4-9)11-5-13(12(20)21,22-16-11)7-19-8-15-17-18-19/h1-4,8H,5,7H2,(H,20,21)/t13-/m0/s1. The Labute approximate surface area is 124 Å².